The van der Waals surface area contributed by atoms with E-state index in [1.807, 2.05) is 0 Å². The van der Waals surface area contributed by atoms with Gasteiger partial charge in [-0.05, 0) is 12.3 Å². The lowest BCUT2D eigenvalue weighted by atomic mass is 9.76. The molecule has 3 heterocycles. The second-order valence-corrected chi connectivity index (χ2v) is 13.3. The molecule has 1 aliphatic carbocycles. The van der Waals surface area contributed by atoms with Crippen molar-refractivity contribution in [3.05, 3.63) is 0 Å². The van der Waals surface area contributed by atoms with Crippen molar-refractivity contribution < 1.29 is 77.7 Å². The van der Waals surface area contributed by atoms with E-state index in [1.165, 1.54) is 0 Å². The third-order valence-corrected chi connectivity index (χ3v) is 9.76. The molecule has 19 atom stereocenters. The van der Waals surface area contributed by atoms with Crippen molar-refractivity contribution in [2.45, 2.75) is 135 Å². The Morgan fingerprint density at radius 3 is 1.96 bits per heavy atom. The van der Waals surface area contributed by atoms with Crippen molar-refractivity contribution in [2.24, 2.45) is 40.3 Å². The molecule has 19 N–H and O–H groups in total. The van der Waals surface area contributed by atoms with E-state index in [0.717, 1.165) is 0 Å². The number of aliphatic hydroxyl groups excluding tert-OH is 7. The Balaban J connectivity index is 1.58. The second kappa shape index (κ2) is 17.3. The summed E-state index contributed by atoms with van der Waals surface area (Å²) in [7, 11) is 0. The van der Waals surface area contributed by atoms with Crippen LogP contribution in [0.4, 0.5) is 8.78 Å². The Hall–Kier alpha value is -1.23. The van der Waals surface area contributed by atoms with Crippen LogP contribution in [-0.2, 0) is 33.2 Å². The number of Topliss-reactive ketones (excluding diaryl/α,β-unsaturated/α-hetero) is 1. The van der Waals surface area contributed by atoms with Gasteiger partial charge in [-0.3, -0.25) is 4.79 Å². The third kappa shape index (κ3) is 8.76. The molecule has 1 saturated carbocycles. The Labute approximate surface area is 285 Å². The monoisotopic (exact) mass is 734 g/mol. The van der Waals surface area contributed by atoms with Gasteiger partial charge in [-0.1, -0.05) is 0 Å². The van der Waals surface area contributed by atoms with Crippen LogP contribution in [0.2, 0.25) is 0 Å². The van der Waals surface area contributed by atoms with Crippen LogP contribution in [0.1, 0.15) is 19.3 Å². The number of aliphatic hydroxyl groups is 7. The molecular formula is C28H52F2N6O14. The smallest absolute Gasteiger partial charge is 0.292 e. The van der Waals surface area contributed by atoms with Gasteiger partial charge in [0.25, 0.3) is 5.92 Å². The number of carbonyl (C=O) groups excluding carboxylic acids is 1. The summed E-state index contributed by atoms with van der Waals surface area (Å²) in [5.41, 5.74) is 34.9. The van der Waals surface area contributed by atoms with E-state index in [4.69, 9.17) is 62.8 Å². The molecule has 20 nitrogen and oxygen atoms in total. The Kier molecular flexibility index (Phi) is 14.3. The molecular weight excluding hydrogens is 682 g/mol. The normalized spacial score (nSPS) is 46.5. The number of rotatable bonds is 14. The summed E-state index contributed by atoms with van der Waals surface area (Å²) in [5.74, 6) is -6.49. The average molecular weight is 735 g/mol. The van der Waals surface area contributed by atoms with Gasteiger partial charge in [-0.2, -0.15) is 0 Å². The van der Waals surface area contributed by atoms with Gasteiger partial charge >= 0.3 is 0 Å². The minimum absolute atomic E-state index is 0.00865. The van der Waals surface area contributed by atoms with E-state index in [-0.39, 0.29) is 25.9 Å². The lowest BCUT2D eigenvalue weighted by Crippen LogP contribution is -2.64. The van der Waals surface area contributed by atoms with E-state index < -0.39 is 147 Å². The molecule has 0 aromatic carbocycles. The third-order valence-electron chi connectivity index (χ3n) is 9.76. The molecule has 292 valence electrons. The van der Waals surface area contributed by atoms with Crippen LogP contribution in [-0.4, -0.2) is 184 Å². The van der Waals surface area contributed by atoms with Crippen LogP contribution >= 0.6 is 0 Å². The van der Waals surface area contributed by atoms with Crippen molar-refractivity contribution in [3.63, 3.8) is 0 Å². The summed E-state index contributed by atoms with van der Waals surface area (Å²) in [6.07, 6.45) is -23.4. The van der Waals surface area contributed by atoms with Gasteiger partial charge < -0.3 is 98.6 Å². The van der Waals surface area contributed by atoms with Crippen molar-refractivity contribution >= 4 is 5.78 Å². The van der Waals surface area contributed by atoms with Crippen LogP contribution in [0.25, 0.3) is 0 Å². The van der Waals surface area contributed by atoms with Crippen molar-refractivity contribution in [3.8, 4) is 0 Å². The number of ketones is 1. The first-order valence-electron chi connectivity index (χ1n) is 16.4. The van der Waals surface area contributed by atoms with E-state index in [0.29, 0.717) is 0 Å². The van der Waals surface area contributed by atoms with E-state index >= 15 is 0 Å². The summed E-state index contributed by atoms with van der Waals surface area (Å²) in [4.78, 5) is 12.7. The van der Waals surface area contributed by atoms with Gasteiger partial charge in [-0.15, -0.1) is 0 Å². The number of alkyl halides is 2. The van der Waals surface area contributed by atoms with Crippen molar-refractivity contribution in [1.82, 2.24) is 0 Å². The molecule has 22 heteroatoms. The largest absolute Gasteiger partial charge is 0.394 e. The van der Waals surface area contributed by atoms with Gasteiger partial charge in [0.2, 0.25) is 0 Å². The van der Waals surface area contributed by atoms with Crippen molar-refractivity contribution in [2.75, 3.05) is 26.2 Å². The second-order valence-electron chi connectivity index (χ2n) is 13.3. The van der Waals surface area contributed by atoms with Crippen molar-refractivity contribution in [1.29, 1.82) is 0 Å². The summed E-state index contributed by atoms with van der Waals surface area (Å²) in [5, 5.41) is 73.9. The molecule has 0 aromatic rings. The Morgan fingerprint density at radius 2 is 1.36 bits per heavy atom. The number of hydrogen-bond acceptors (Lipinski definition) is 20. The average Bonchev–Trinajstić information content (AvgIpc) is 3.39. The highest BCUT2D eigenvalue weighted by atomic mass is 19.3. The molecule has 0 aromatic heterocycles. The maximum atomic E-state index is 14.0. The molecule has 3 aliphatic heterocycles. The lowest BCUT2D eigenvalue weighted by molar-refractivity contribution is -0.298. The van der Waals surface area contributed by atoms with Crippen LogP contribution < -0.4 is 34.4 Å². The lowest BCUT2D eigenvalue weighted by Gasteiger charge is -2.47. The highest BCUT2D eigenvalue weighted by molar-refractivity contribution is 5.84. The maximum absolute atomic E-state index is 14.0. The molecule has 0 unspecified atom stereocenters. The Morgan fingerprint density at radius 1 is 0.760 bits per heavy atom. The SMILES string of the molecule is NC[C@@H]1C[C@@H](O)[C@@H](N)[C@@H](O[C@H]2[C@H](O[C@@H]3O[C@H](CO)[C@@H](O[C@H]4O[C@@H](CN)[C@@H](O)[C@H](O)[C@H]4N)[C@H]3O)[C@@H](O)[C@H](CC(=O)[C@@H](O)C(F)(F)CN)C[C@@H]2N)O1. The molecule has 4 fully saturated rings. The molecule has 0 amide bonds. The van der Waals surface area contributed by atoms with Crippen LogP contribution in [0, 0.1) is 5.92 Å². The predicted octanol–water partition coefficient (Wildman–Crippen LogP) is -7.66. The minimum atomic E-state index is -3.95. The van der Waals surface area contributed by atoms with Crippen LogP contribution in [0.15, 0.2) is 0 Å². The molecule has 0 spiro atoms. The number of halogens is 2. The van der Waals surface area contributed by atoms with E-state index in [2.05, 4.69) is 0 Å². The van der Waals surface area contributed by atoms with Gasteiger partial charge in [0.1, 0.15) is 48.8 Å². The number of carbonyl (C=O) groups is 1. The topological polar surface area (TPSA) is 370 Å². The molecule has 0 radical (unpaired) electrons. The van der Waals surface area contributed by atoms with Gasteiger partial charge in [0.15, 0.2) is 30.8 Å². The number of hydrogen-bond donors (Lipinski definition) is 13. The zero-order valence-electron chi connectivity index (χ0n) is 27.1. The summed E-state index contributed by atoms with van der Waals surface area (Å²) in [6, 6.07) is -3.58. The molecule has 3 saturated heterocycles. The zero-order chi connectivity index (χ0) is 37.2. The molecule has 4 rings (SSSR count). The van der Waals surface area contributed by atoms with Crippen LogP contribution in [0.5, 0.6) is 0 Å². The van der Waals surface area contributed by atoms with Gasteiger partial charge in [0.05, 0.1) is 43.5 Å². The first kappa shape index (κ1) is 41.5. The summed E-state index contributed by atoms with van der Waals surface area (Å²) < 4.78 is 63.0. The first-order valence-corrected chi connectivity index (χ1v) is 16.4. The van der Waals surface area contributed by atoms with Gasteiger partial charge in [-0.25, -0.2) is 8.78 Å². The van der Waals surface area contributed by atoms with Gasteiger partial charge in [0, 0.05) is 32.0 Å². The van der Waals surface area contributed by atoms with E-state index in [9.17, 15) is 49.3 Å². The fraction of sp³-hybridized carbons (Fsp3) is 0.964. The number of ether oxygens (including phenoxy) is 6. The minimum Gasteiger partial charge on any atom is -0.394 e. The standard InChI is InChI=1S/C28H52F2N6O14/c29-28(30,7-33)24(44)12(39)2-8-1-10(34)21(48-25-15(35)11(38)3-9(4-31)45-25)23(17(8)40)50-27-20(43)22(14(6-37)47-27)49-26-16(36)19(42)18(41)13(5-32)46-26/h8-11,13-27,37-38,40-44H,1-7,31-36H2/t8-,9-,10-,11+,13-,14+,15+,16+,17-,18+,19+,20+,21+,22+,23+,24+,25+,26+,27-/m0/s1. The molecule has 0 bridgehead atoms. The molecule has 50 heavy (non-hydrogen) atoms. The Bertz CT molecular complexity index is 1110. The fourth-order valence-corrected chi connectivity index (χ4v) is 6.67. The predicted molar refractivity (Wildman–Crippen MR) is 162 cm³/mol. The zero-order valence-corrected chi connectivity index (χ0v) is 27.1. The summed E-state index contributed by atoms with van der Waals surface area (Å²) >= 11 is 0. The maximum Gasteiger partial charge on any atom is 0.292 e. The summed E-state index contributed by atoms with van der Waals surface area (Å²) in [6.45, 7) is -2.31. The van der Waals surface area contributed by atoms with Crippen LogP contribution in [0.3, 0.4) is 0 Å². The quantitative estimate of drug-likeness (QED) is 0.0788. The number of nitrogens with two attached hydrogens (primary N) is 6. The molecule has 4 aliphatic rings. The highest BCUT2D eigenvalue weighted by Crippen LogP contribution is 2.37. The fourth-order valence-electron chi connectivity index (χ4n) is 6.67. The first-order chi connectivity index (χ1) is 23.5. The highest BCUT2D eigenvalue weighted by Gasteiger charge is 2.55. The van der Waals surface area contributed by atoms with E-state index in [1.54, 1.807) is 0 Å².